The monoisotopic (exact) mass is 414 g/mol. The summed E-state index contributed by atoms with van der Waals surface area (Å²) in [5, 5.41) is 0. The van der Waals surface area contributed by atoms with Crippen molar-refractivity contribution >= 4 is 43.8 Å². The lowest BCUT2D eigenvalue weighted by atomic mass is 10.1. The summed E-state index contributed by atoms with van der Waals surface area (Å²) in [4.78, 5) is 11.1. The van der Waals surface area contributed by atoms with E-state index in [-0.39, 0.29) is 0 Å². The fraction of sp³-hybridized carbons (Fsp3) is 0.0714. The number of nitrogens with one attached hydrogen (secondary N) is 1. The van der Waals surface area contributed by atoms with Crippen molar-refractivity contribution in [3.63, 3.8) is 0 Å². The Balaban J connectivity index is 2.40. The van der Waals surface area contributed by atoms with E-state index in [2.05, 4.69) is 31.9 Å². The van der Waals surface area contributed by atoms with Gasteiger partial charge in [0.1, 0.15) is 11.5 Å². The first kappa shape index (κ1) is 15.8. The van der Waals surface area contributed by atoms with Gasteiger partial charge in [-0.2, -0.15) is 0 Å². The van der Waals surface area contributed by atoms with Gasteiger partial charge in [-0.25, -0.2) is 5.84 Å². The van der Waals surface area contributed by atoms with Gasteiger partial charge in [0.2, 0.25) is 0 Å². The van der Waals surface area contributed by atoms with E-state index in [1.165, 1.54) is 12.2 Å². The number of methoxy groups -OCH3 is 1. The molecular formula is C14H12Br2N2O3. The molecule has 0 aliphatic carbocycles. The van der Waals surface area contributed by atoms with Gasteiger partial charge in [0, 0.05) is 10.5 Å². The number of halogens is 2. The smallest absolute Gasteiger partial charge is 0.258 e. The maximum Gasteiger partial charge on any atom is 0.258 e. The first-order valence-electron chi connectivity index (χ1n) is 5.87. The lowest BCUT2D eigenvalue weighted by Gasteiger charge is -2.07. The van der Waals surface area contributed by atoms with Gasteiger partial charge in [0.15, 0.2) is 5.76 Å². The Hall–Kier alpha value is -1.57. The Morgan fingerprint density at radius 3 is 2.81 bits per heavy atom. The van der Waals surface area contributed by atoms with Crippen LogP contribution in [-0.2, 0) is 4.79 Å². The summed E-state index contributed by atoms with van der Waals surface area (Å²) in [5.41, 5.74) is 2.81. The van der Waals surface area contributed by atoms with Gasteiger partial charge >= 0.3 is 0 Å². The van der Waals surface area contributed by atoms with Crippen LogP contribution >= 0.6 is 31.9 Å². The van der Waals surface area contributed by atoms with Crippen molar-refractivity contribution in [2.75, 3.05) is 7.11 Å². The Morgan fingerprint density at radius 1 is 1.38 bits per heavy atom. The summed E-state index contributed by atoms with van der Waals surface area (Å²) in [6.07, 6.45) is 2.82. The van der Waals surface area contributed by atoms with E-state index in [0.717, 1.165) is 14.5 Å². The molecule has 2 aromatic rings. The second-order valence-electron chi connectivity index (χ2n) is 4.01. The molecule has 1 amide bonds. The Bertz CT molecular complexity index is 696. The number of benzene rings is 1. The molecule has 0 unspecified atom stereocenters. The average molecular weight is 416 g/mol. The zero-order chi connectivity index (χ0) is 15.4. The van der Waals surface area contributed by atoms with Gasteiger partial charge < -0.3 is 9.15 Å². The molecule has 110 valence electrons. The minimum atomic E-state index is -0.412. The SMILES string of the molecule is COc1cc(Br)ccc1-c1oc(/C=C/C(=O)NN)cc1Br. The Labute approximate surface area is 138 Å². The van der Waals surface area contributed by atoms with Gasteiger partial charge in [-0.1, -0.05) is 15.9 Å². The number of rotatable bonds is 4. The molecule has 0 saturated heterocycles. The minimum absolute atomic E-state index is 0.412. The van der Waals surface area contributed by atoms with Crippen molar-refractivity contribution in [3.8, 4) is 17.1 Å². The van der Waals surface area contributed by atoms with Crippen LogP contribution in [0.2, 0.25) is 0 Å². The van der Waals surface area contributed by atoms with Crippen LogP contribution in [0, 0.1) is 0 Å². The molecule has 0 aliphatic rings. The molecular weight excluding hydrogens is 404 g/mol. The number of furan rings is 1. The normalized spacial score (nSPS) is 10.9. The molecule has 0 bridgehead atoms. The van der Waals surface area contributed by atoms with E-state index < -0.39 is 5.91 Å². The topological polar surface area (TPSA) is 77.5 Å². The first-order valence-corrected chi connectivity index (χ1v) is 7.45. The zero-order valence-electron chi connectivity index (χ0n) is 11.0. The van der Waals surface area contributed by atoms with Crippen LogP contribution in [0.3, 0.4) is 0 Å². The molecule has 0 atom stereocenters. The molecule has 5 nitrogen and oxygen atoms in total. The van der Waals surface area contributed by atoms with Crippen molar-refractivity contribution in [1.82, 2.24) is 5.43 Å². The summed E-state index contributed by atoms with van der Waals surface area (Å²) >= 11 is 6.83. The van der Waals surface area contributed by atoms with Crippen molar-refractivity contribution in [1.29, 1.82) is 0 Å². The first-order chi connectivity index (χ1) is 10.0. The third kappa shape index (κ3) is 3.75. The quantitative estimate of drug-likeness (QED) is 0.347. The van der Waals surface area contributed by atoms with Crippen LogP contribution in [-0.4, -0.2) is 13.0 Å². The maximum atomic E-state index is 11.1. The van der Waals surface area contributed by atoms with Crippen LogP contribution in [0.4, 0.5) is 0 Å². The van der Waals surface area contributed by atoms with E-state index >= 15 is 0 Å². The highest BCUT2D eigenvalue weighted by Gasteiger charge is 2.15. The Morgan fingerprint density at radius 2 is 2.14 bits per heavy atom. The summed E-state index contributed by atoms with van der Waals surface area (Å²) < 4.78 is 12.7. The third-order valence-corrected chi connectivity index (χ3v) is 3.74. The van der Waals surface area contributed by atoms with Crippen molar-refractivity contribution in [2.24, 2.45) is 5.84 Å². The number of hydrazine groups is 1. The molecule has 7 heteroatoms. The predicted octanol–water partition coefficient (Wildman–Crippen LogP) is 3.48. The van der Waals surface area contributed by atoms with Gasteiger partial charge in [0.25, 0.3) is 5.91 Å². The second-order valence-corrected chi connectivity index (χ2v) is 5.78. The molecule has 1 aromatic heterocycles. The van der Waals surface area contributed by atoms with Crippen molar-refractivity contribution < 1.29 is 13.9 Å². The predicted molar refractivity (Wildman–Crippen MR) is 87.5 cm³/mol. The molecule has 21 heavy (non-hydrogen) atoms. The molecule has 0 aliphatic heterocycles. The van der Waals surface area contributed by atoms with Gasteiger partial charge in [-0.05, 0) is 46.3 Å². The molecule has 1 heterocycles. The average Bonchev–Trinajstić information content (AvgIpc) is 2.85. The van der Waals surface area contributed by atoms with E-state index in [9.17, 15) is 4.79 Å². The van der Waals surface area contributed by atoms with E-state index in [0.29, 0.717) is 17.3 Å². The second kappa shape index (κ2) is 6.93. The molecule has 0 spiro atoms. The minimum Gasteiger partial charge on any atom is -0.496 e. The fourth-order valence-electron chi connectivity index (χ4n) is 1.71. The maximum absolute atomic E-state index is 11.1. The molecule has 1 aromatic carbocycles. The lowest BCUT2D eigenvalue weighted by Crippen LogP contribution is -2.27. The lowest BCUT2D eigenvalue weighted by molar-refractivity contribution is -0.116. The number of amides is 1. The summed E-state index contributed by atoms with van der Waals surface area (Å²) in [7, 11) is 1.59. The highest BCUT2D eigenvalue weighted by Crippen LogP contribution is 2.38. The molecule has 3 N–H and O–H groups in total. The third-order valence-electron chi connectivity index (χ3n) is 2.66. The molecule has 2 rings (SSSR count). The highest BCUT2D eigenvalue weighted by atomic mass is 79.9. The zero-order valence-corrected chi connectivity index (χ0v) is 14.2. The number of hydrogen-bond donors (Lipinski definition) is 2. The highest BCUT2D eigenvalue weighted by molar-refractivity contribution is 9.10. The standard InChI is InChI=1S/C14H12Br2N2O3/c1-20-12-6-8(15)2-4-10(12)14-11(16)7-9(21-14)3-5-13(19)18-17/h2-7H,17H2,1H3,(H,18,19)/b5-3+. The number of hydrogen-bond acceptors (Lipinski definition) is 4. The number of nitrogens with two attached hydrogens (primary N) is 1. The van der Waals surface area contributed by atoms with Crippen molar-refractivity contribution in [3.05, 3.63) is 45.0 Å². The summed E-state index contributed by atoms with van der Waals surface area (Å²) in [6, 6.07) is 7.38. The van der Waals surface area contributed by atoms with Crippen LogP contribution < -0.4 is 16.0 Å². The summed E-state index contributed by atoms with van der Waals surface area (Å²) in [6.45, 7) is 0. The summed E-state index contributed by atoms with van der Waals surface area (Å²) in [5.74, 6) is 6.40. The van der Waals surface area contributed by atoms with Gasteiger partial charge in [-0.3, -0.25) is 10.2 Å². The van der Waals surface area contributed by atoms with Crippen LogP contribution in [0.1, 0.15) is 5.76 Å². The van der Waals surface area contributed by atoms with Crippen LogP contribution in [0.25, 0.3) is 17.4 Å². The number of carbonyl (C=O) groups is 1. The molecule has 0 saturated carbocycles. The number of carbonyl (C=O) groups excluding carboxylic acids is 1. The Kier molecular flexibility index (Phi) is 5.22. The van der Waals surface area contributed by atoms with Gasteiger partial charge in [0.05, 0.1) is 17.1 Å². The van der Waals surface area contributed by atoms with Crippen molar-refractivity contribution in [2.45, 2.75) is 0 Å². The largest absolute Gasteiger partial charge is 0.496 e. The van der Waals surface area contributed by atoms with E-state index in [1.54, 1.807) is 13.2 Å². The van der Waals surface area contributed by atoms with Crippen LogP contribution in [0.5, 0.6) is 5.75 Å². The van der Waals surface area contributed by atoms with Crippen LogP contribution in [0.15, 0.2) is 43.7 Å². The molecule has 0 radical (unpaired) electrons. The molecule has 0 fully saturated rings. The van der Waals surface area contributed by atoms with E-state index in [1.807, 2.05) is 23.6 Å². The van der Waals surface area contributed by atoms with Gasteiger partial charge in [-0.15, -0.1) is 0 Å². The van der Waals surface area contributed by atoms with E-state index in [4.69, 9.17) is 15.0 Å². The fourth-order valence-corrected chi connectivity index (χ4v) is 2.57. The number of ether oxygens (including phenoxy) is 1.